The van der Waals surface area contributed by atoms with Crippen LogP contribution in [0, 0.1) is 6.92 Å². The molecule has 1 aromatic rings. The van der Waals surface area contributed by atoms with E-state index in [2.05, 4.69) is 5.10 Å². The second kappa shape index (κ2) is 5.12. The van der Waals surface area contributed by atoms with Crippen molar-refractivity contribution in [3.05, 3.63) is 18.0 Å². The number of aliphatic carboxylic acids is 1. The van der Waals surface area contributed by atoms with Gasteiger partial charge in [-0.2, -0.15) is 5.10 Å². The first-order valence-electron chi connectivity index (χ1n) is 5.44. The highest BCUT2D eigenvalue weighted by atomic mass is 16.4. The number of carboxylic acid groups (broad SMARTS) is 1. The quantitative estimate of drug-likeness (QED) is 0.712. The van der Waals surface area contributed by atoms with E-state index in [4.69, 9.17) is 10.8 Å². The van der Waals surface area contributed by atoms with Gasteiger partial charge in [-0.05, 0) is 39.2 Å². The largest absolute Gasteiger partial charge is 0.480 e. The highest BCUT2D eigenvalue weighted by molar-refractivity contribution is 5.77. The molecule has 90 valence electrons. The van der Waals surface area contributed by atoms with E-state index >= 15 is 0 Å². The maximum Gasteiger partial charge on any atom is 0.323 e. The Bertz CT molecular complexity index is 358. The zero-order valence-corrected chi connectivity index (χ0v) is 9.81. The van der Waals surface area contributed by atoms with E-state index in [0.29, 0.717) is 6.42 Å². The summed E-state index contributed by atoms with van der Waals surface area (Å²) in [4.78, 5) is 10.8. The maximum absolute atomic E-state index is 10.8. The zero-order valence-electron chi connectivity index (χ0n) is 9.81. The van der Waals surface area contributed by atoms with Gasteiger partial charge in [-0.15, -0.1) is 0 Å². The fourth-order valence-electron chi connectivity index (χ4n) is 1.49. The van der Waals surface area contributed by atoms with Crippen LogP contribution in [0.2, 0.25) is 0 Å². The van der Waals surface area contributed by atoms with E-state index in [1.807, 2.05) is 17.7 Å². The number of unbranched alkanes of at least 4 members (excludes halogenated alkanes) is 1. The molecule has 0 aromatic carbocycles. The molecule has 0 aliphatic heterocycles. The molecule has 0 aliphatic rings. The fraction of sp³-hybridized carbons (Fsp3) is 0.636. The summed E-state index contributed by atoms with van der Waals surface area (Å²) in [6, 6.07) is 1.95. The van der Waals surface area contributed by atoms with Crippen LogP contribution in [0.3, 0.4) is 0 Å². The third-order valence-electron chi connectivity index (χ3n) is 2.73. The molecule has 5 heteroatoms. The monoisotopic (exact) mass is 225 g/mol. The highest BCUT2D eigenvalue weighted by Crippen LogP contribution is 2.11. The lowest BCUT2D eigenvalue weighted by Gasteiger charge is -2.18. The molecule has 0 saturated heterocycles. The number of hydrogen-bond donors (Lipinski definition) is 2. The summed E-state index contributed by atoms with van der Waals surface area (Å²) in [6.45, 7) is 4.36. The molecular weight excluding hydrogens is 206 g/mol. The minimum absolute atomic E-state index is 0.489. The van der Waals surface area contributed by atoms with E-state index in [0.717, 1.165) is 25.1 Å². The number of carbonyl (C=O) groups is 1. The molecule has 1 heterocycles. The van der Waals surface area contributed by atoms with E-state index in [9.17, 15) is 4.79 Å². The van der Waals surface area contributed by atoms with Crippen molar-refractivity contribution in [2.45, 2.75) is 45.2 Å². The van der Waals surface area contributed by atoms with E-state index in [1.54, 1.807) is 13.1 Å². The highest BCUT2D eigenvalue weighted by Gasteiger charge is 2.26. The SMILES string of the molecule is Cc1ccnn1CCCCC(C)(N)C(=O)O. The van der Waals surface area contributed by atoms with Gasteiger partial charge in [0, 0.05) is 18.4 Å². The topological polar surface area (TPSA) is 81.1 Å². The number of aryl methyl sites for hydroxylation is 2. The minimum Gasteiger partial charge on any atom is -0.480 e. The molecule has 0 radical (unpaired) electrons. The molecule has 3 N–H and O–H groups in total. The maximum atomic E-state index is 10.8. The van der Waals surface area contributed by atoms with Crippen LogP contribution in [0.5, 0.6) is 0 Å². The lowest BCUT2D eigenvalue weighted by molar-refractivity contribution is -0.142. The standard InChI is InChI=1S/C11H19N3O2/c1-9-5-7-13-14(9)8-4-3-6-11(2,12)10(15)16/h5,7H,3-4,6,8,12H2,1-2H3,(H,15,16). The predicted molar refractivity (Wildman–Crippen MR) is 61.0 cm³/mol. The normalized spacial score (nSPS) is 14.7. The van der Waals surface area contributed by atoms with Crippen LogP contribution in [0.4, 0.5) is 0 Å². The number of carboxylic acids is 1. The Balaban J connectivity index is 2.27. The molecule has 0 amide bonds. The van der Waals surface area contributed by atoms with Crippen molar-refractivity contribution in [1.29, 1.82) is 0 Å². The molecule has 1 atom stereocenters. The molecule has 0 saturated carbocycles. The van der Waals surface area contributed by atoms with E-state index < -0.39 is 11.5 Å². The van der Waals surface area contributed by atoms with Gasteiger partial charge in [0.1, 0.15) is 5.54 Å². The van der Waals surface area contributed by atoms with Crippen LogP contribution in [-0.2, 0) is 11.3 Å². The van der Waals surface area contributed by atoms with Gasteiger partial charge in [-0.3, -0.25) is 9.48 Å². The molecule has 1 aromatic heterocycles. The van der Waals surface area contributed by atoms with Gasteiger partial charge in [-0.25, -0.2) is 0 Å². The molecule has 5 nitrogen and oxygen atoms in total. The Morgan fingerprint density at radius 1 is 1.62 bits per heavy atom. The number of aromatic nitrogens is 2. The number of rotatable bonds is 6. The van der Waals surface area contributed by atoms with Crippen LogP contribution < -0.4 is 5.73 Å². The summed E-state index contributed by atoms with van der Waals surface area (Å²) in [5.74, 6) is -0.942. The Morgan fingerprint density at radius 2 is 2.31 bits per heavy atom. The van der Waals surface area contributed by atoms with Gasteiger partial charge in [0.25, 0.3) is 0 Å². The van der Waals surface area contributed by atoms with E-state index in [-0.39, 0.29) is 0 Å². The summed E-state index contributed by atoms with van der Waals surface area (Å²) in [7, 11) is 0. The minimum atomic E-state index is -1.11. The van der Waals surface area contributed by atoms with Crippen molar-refractivity contribution in [3.63, 3.8) is 0 Å². The lowest BCUT2D eigenvalue weighted by atomic mass is 9.96. The van der Waals surface area contributed by atoms with Crippen molar-refractivity contribution in [3.8, 4) is 0 Å². The molecule has 16 heavy (non-hydrogen) atoms. The van der Waals surface area contributed by atoms with Gasteiger partial charge in [-0.1, -0.05) is 0 Å². The van der Waals surface area contributed by atoms with Crippen molar-refractivity contribution < 1.29 is 9.90 Å². The second-order valence-corrected chi connectivity index (χ2v) is 4.38. The predicted octanol–water partition coefficient (Wildman–Crippen LogP) is 1.16. The molecule has 0 fully saturated rings. The average molecular weight is 225 g/mol. The summed E-state index contributed by atoms with van der Waals surface area (Å²) in [5, 5.41) is 13.0. The van der Waals surface area contributed by atoms with Gasteiger partial charge < -0.3 is 10.8 Å². The van der Waals surface area contributed by atoms with Crippen LogP contribution in [0.1, 0.15) is 31.9 Å². The Morgan fingerprint density at radius 3 is 2.81 bits per heavy atom. The Labute approximate surface area is 95.3 Å². The lowest BCUT2D eigenvalue weighted by Crippen LogP contribution is -2.44. The van der Waals surface area contributed by atoms with Crippen molar-refractivity contribution >= 4 is 5.97 Å². The summed E-state index contributed by atoms with van der Waals surface area (Å²) in [5.41, 5.74) is 5.63. The molecular formula is C11H19N3O2. The summed E-state index contributed by atoms with van der Waals surface area (Å²) < 4.78 is 1.91. The average Bonchev–Trinajstić information content (AvgIpc) is 2.59. The fourth-order valence-corrected chi connectivity index (χ4v) is 1.49. The number of hydrogen-bond acceptors (Lipinski definition) is 3. The third kappa shape index (κ3) is 3.34. The van der Waals surface area contributed by atoms with Gasteiger partial charge in [0.05, 0.1) is 0 Å². The Kier molecular flexibility index (Phi) is 4.06. The van der Waals surface area contributed by atoms with Crippen LogP contribution in [0.15, 0.2) is 12.3 Å². The Hall–Kier alpha value is -1.36. The molecule has 1 rings (SSSR count). The molecule has 0 spiro atoms. The van der Waals surface area contributed by atoms with E-state index in [1.165, 1.54) is 0 Å². The smallest absolute Gasteiger partial charge is 0.323 e. The van der Waals surface area contributed by atoms with Gasteiger partial charge in [0.2, 0.25) is 0 Å². The van der Waals surface area contributed by atoms with Gasteiger partial charge >= 0.3 is 5.97 Å². The zero-order chi connectivity index (χ0) is 12.2. The van der Waals surface area contributed by atoms with Crippen LogP contribution in [0.25, 0.3) is 0 Å². The van der Waals surface area contributed by atoms with Crippen LogP contribution in [-0.4, -0.2) is 26.4 Å². The summed E-state index contributed by atoms with van der Waals surface area (Å²) in [6.07, 6.45) is 3.93. The third-order valence-corrected chi connectivity index (χ3v) is 2.73. The van der Waals surface area contributed by atoms with Crippen molar-refractivity contribution in [2.24, 2.45) is 5.73 Å². The molecule has 0 aliphatic carbocycles. The van der Waals surface area contributed by atoms with Crippen LogP contribution >= 0.6 is 0 Å². The van der Waals surface area contributed by atoms with Gasteiger partial charge in [0.15, 0.2) is 0 Å². The first-order chi connectivity index (χ1) is 7.43. The van der Waals surface area contributed by atoms with Crippen molar-refractivity contribution in [2.75, 3.05) is 0 Å². The number of nitrogens with two attached hydrogens (primary N) is 1. The molecule has 0 bridgehead atoms. The number of nitrogens with zero attached hydrogens (tertiary/aromatic N) is 2. The summed E-state index contributed by atoms with van der Waals surface area (Å²) >= 11 is 0. The molecule has 1 unspecified atom stereocenters. The van der Waals surface area contributed by atoms with Crippen molar-refractivity contribution in [1.82, 2.24) is 9.78 Å². The first kappa shape index (κ1) is 12.7. The first-order valence-corrected chi connectivity index (χ1v) is 5.44. The second-order valence-electron chi connectivity index (χ2n) is 4.38.